The van der Waals surface area contributed by atoms with Gasteiger partial charge < -0.3 is 25.8 Å². The van der Waals surface area contributed by atoms with Gasteiger partial charge >= 0.3 is 11.9 Å². The number of carbonyl (C=O) groups excluding carboxylic acids is 4. The van der Waals surface area contributed by atoms with Gasteiger partial charge in [-0.15, -0.1) is 0 Å². The van der Waals surface area contributed by atoms with E-state index in [9.17, 15) is 41.5 Å². The number of anilines is 1. The third kappa shape index (κ3) is 15.2. The van der Waals surface area contributed by atoms with Crippen molar-refractivity contribution in [2.45, 2.75) is 71.4 Å². The van der Waals surface area contributed by atoms with Crippen LogP contribution in [0.15, 0.2) is 60.8 Å². The predicted octanol–water partition coefficient (Wildman–Crippen LogP) is 5.28. The number of hydrogen-bond acceptors (Lipinski definition) is 7. The number of nitrogens with zero attached hydrogens (tertiary/aromatic N) is 1. The summed E-state index contributed by atoms with van der Waals surface area (Å²) in [5.41, 5.74) is 1.65. The molecule has 0 aliphatic heterocycles. The Balaban J connectivity index is 0.000000404. The van der Waals surface area contributed by atoms with Gasteiger partial charge in [-0.1, -0.05) is 26.7 Å². The van der Waals surface area contributed by atoms with E-state index >= 15 is 0 Å². The zero-order valence-corrected chi connectivity index (χ0v) is 28.5. The highest BCUT2D eigenvalue weighted by Gasteiger charge is 2.21. The lowest BCUT2D eigenvalue weighted by Crippen LogP contribution is -2.44. The number of halogens is 4. The molecule has 3 amide bonds. The first-order chi connectivity index (χ1) is 24.1. The number of carboxylic acid groups (broad SMARTS) is 1. The summed E-state index contributed by atoms with van der Waals surface area (Å²) < 4.78 is 57.1. The molecule has 2 unspecified atom stereocenters. The number of carbonyl (C=O) groups is 5. The number of rotatable bonds is 15. The van der Waals surface area contributed by atoms with Crippen molar-refractivity contribution in [3.63, 3.8) is 0 Å². The number of amides is 3. The van der Waals surface area contributed by atoms with E-state index in [1.807, 2.05) is 6.92 Å². The molecule has 11 nitrogen and oxygen atoms in total. The fourth-order valence-corrected chi connectivity index (χ4v) is 4.62. The Morgan fingerprint density at radius 1 is 0.784 bits per heavy atom. The van der Waals surface area contributed by atoms with Crippen LogP contribution < -0.4 is 16.0 Å². The average Bonchev–Trinajstić information content (AvgIpc) is 3.03. The zero-order valence-electron chi connectivity index (χ0n) is 28.5. The van der Waals surface area contributed by atoms with Gasteiger partial charge in [-0.05, 0) is 78.4 Å². The molecule has 1 aromatic heterocycles. The summed E-state index contributed by atoms with van der Waals surface area (Å²) in [6, 6.07) is 7.09. The SMILES string of the molecule is CCCC(NC(=O)Cc1cc(F)cc(F)c1)C(=O)Nc1ccc(/C(C)=C\C(=O)OC)cn1.CCCC(NC(=O)Cc1cc(F)cc(F)c1)C(=O)O. The zero-order chi connectivity index (χ0) is 38.1. The Hall–Kier alpha value is -5.60. The van der Waals surface area contributed by atoms with E-state index in [1.165, 1.54) is 19.4 Å². The Bertz CT molecular complexity index is 1680. The van der Waals surface area contributed by atoms with Crippen LogP contribution in [-0.4, -0.2) is 58.9 Å². The summed E-state index contributed by atoms with van der Waals surface area (Å²) >= 11 is 0. The van der Waals surface area contributed by atoms with Crippen LogP contribution in [-0.2, 0) is 41.6 Å². The molecule has 0 fully saturated rings. The highest BCUT2D eigenvalue weighted by Crippen LogP contribution is 2.16. The van der Waals surface area contributed by atoms with E-state index in [-0.39, 0.29) is 29.8 Å². The molecule has 0 aliphatic rings. The van der Waals surface area contributed by atoms with E-state index in [2.05, 4.69) is 25.7 Å². The standard InChI is InChI=1S/C23H25F2N3O4.C13H15F2NO3/c1-4-5-19(27-21(29)11-15-9-17(24)12-18(25)10-15)23(31)28-20-7-6-16(13-26-20)14(2)8-22(30)32-3;1-2-3-11(13(18)19)16-12(17)6-8-4-9(14)7-10(15)5-8/h6-10,12-13,19H,4-5,11H2,1-3H3,(H,27,29)(H,26,28,31);4-5,7,11H,2-3,6H2,1H3,(H,16,17)(H,18,19)/b14-8-;. The Morgan fingerprint density at radius 3 is 1.67 bits per heavy atom. The molecule has 3 aromatic rings. The van der Waals surface area contributed by atoms with Gasteiger partial charge in [-0.2, -0.15) is 0 Å². The van der Waals surface area contributed by atoms with Crippen molar-refractivity contribution in [2.75, 3.05) is 12.4 Å². The first kappa shape index (κ1) is 41.6. The molecular formula is C36H40F4N4O7. The van der Waals surface area contributed by atoms with Crippen LogP contribution in [0.25, 0.3) is 5.57 Å². The van der Waals surface area contributed by atoms with Crippen LogP contribution >= 0.6 is 0 Å². The number of pyridine rings is 1. The number of methoxy groups -OCH3 is 1. The quantitative estimate of drug-likeness (QED) is 0.0938. The molecule has 3 rings (SSSR count). The summed E-state index contributed by atoms with van der Waals surface area (Å²) in [4.78, 5) is 62.9. The minimum Gasteiger partial charge on any atom is -0.480 e. The molecular weight excluding hydrogens is 676 g/mol. The minimum absolute atomic E-state index is 0.163. The van der Waals surface area contributed by atoms with Crippen molar-refractivity contribution in [1.82, 2.24) is 15.6 Å². The van der Waals surface area contributed by atoms with Crippen molar-refractivity contribution in [3.8, 4) is 0 Å². The second-order valence-electron chi connectivity index (χ2n) is 11.3. The van der Waals surface area contributed by atoms with Gasteiger partial charge in [-0.3, -0.25) is 14.4 Å². The summed E-state index contributed by atoms with van der Waals surface area (Å²) in [5.74, 6) is -6.01. The van der Waals surface area contributed by atoms with Crippen LogP contribution in [0.4, 0.5) is 23.4 Å². The maximum absolute atomic E-state index is 13.3. The van der Waals surface area contributed by atoms with Crippen LogP contribution in [0.3, 0.4) is 0 Å². The smallest absolute Gasteiger partial charge is 0.330 e. The van der Waals surface area contributed by atoms with E-state index in [4.69, 9.17) is 5.11 Å². The lowest BCUT2D eigenvalue weighted by atomic mass is 10.1. The van der Waals surface area contributed by atoms with Gasteiger partial charge in [0.15, 0.2) is 0 Å². The number of carboxylic acids is 1. The van der Waals surface area contributed by atoms with E-state index in [0.29, 0.717) is 42.9 Å². The lowest BCUT2D eigenvalue weighted by molar-refractivity contribution is -0.142. The van der Waals surface area contributed by atoms with Crippen LogP contribution in [0.2, 0.25) is 0 Å². The van der Waals surface area contributed by atoms with E-state index in [1.54, 1.807) is 26.0 Å². The number of aromatic nitrogens is 1. The van der Waals surface area contributed by atoms with Gasteiger partial charge in [0.1, 0.15) is 41.2 Å². The lowest BCUT2D eigenvalue weighted by Gasteiger charge is -2.18. The maximum Gasteiger partial charge on any atom is 0.330 e. The Kier molecular flexibility index (Phi) is 17.0. The fourth-order valence-electron chi connectivity index (χ4n) is 4.62. The predicted molar refractivity (Wildman–Crippen MR) is 180 cm³/mol. The van der Waals surface area contributed by atoms with Crippen molar-refractivity contribution in [1.29, 1.82) is 0 Å². The summed E-state index contributed by atoms with van der Waals surface area (Å²) in [5, 5.41) is 16.4. The van der Waals surface area contributed by atoms with E-state index in [0.717, 1.165) is 30.3 Å². The molecule has 0 spiro atoms. The number of hydrogen-bond donors (Lipinski definition) is 4. The number of ether oxygens (including phenoxy) is 1. The molecule has 1 heterocycles. The van der Waals surface area contributed by atoms with Gasteiger partial charge in [-0.25, -0.2) is 32.1 Å². The second-order valence-corrected chi connectivity index (χ2v) is 11.3. The van der Waals surface area contributed by atoms with Gasteiger partial charge in [0.2, 0.25) is 17.7 Å². The molecule has 4 N–H and O–H groups in total. The molecule has 274 valence electrons. The van der Waals surface area contributed by atoms with Crippen LogP contribution in [0, 0.1) is 23.3 Å². The Labute approximate surface area is 292 Å². The molecule has 51 heavy (non-hydrogen) atoms. The molecule has 0 bridgehead atoms. The highest BCUT2D eigenvalue weighted by molar-refractivity contribution is 5.97. The monoisotopic (exact) mass is 716 g/mol. The van der Waals surface area contributed by atoms with Gasteiger partial charge in [0.05, 0.1) is 20.0 Å². The average molecular weight is 717 g/mol. The van der Waals surface area contributed by atoms with Crippen molar-refractivity contribution in [3.05, 3.63) is 101 Å². The van der Waals surface area contributed by atoms with Gasteiger partial charge in [0.25, 0.3) is 0 Å². The number of nitrogens with one attached hydrogen (secondary N) is 3. The molecule has 0 saturated carbocycles. The van der Waals surface area contributed by atoms with Crippen molar-refractivity contribution in [2.24, 2.45) is 0 Å². The van der Waals surface area contributed by atoms with E-state index < -0.39 is 65.0 Å². The Morgan fingerprint density at radius 2 is 1.25 bits per heavy atom. The maximum atomic E-state index is 13.3. The molecule has 2 aromatic carbocycles. The number of allylic oxidation sites excluding steroid dienone is 1. The summed E-state index contributed by atoms with van der Waals surface area (Å²) in [6.07, 6.45) is 4.20. The first-order valence-corrected chi connectivity index (χ1v) is 15.9. The number of benzene rings is 2. The highest BCUT2D eigenvalue weighted by atomic mass is 19.1. The third-order valence-corrected chi connectivity index (χ3v) is 7.02. The second kappa shape index (κ2) is 20.8. The molecule has 15 heteroatoms. The largest absolute Gasteiger partial charge is 0.480 e. The topological polar surface area (TPSA) is 164 Å². The van der Waals surface area contributed by atoms with Gasteiger partial charge in [0, 0.05) is 24.4 Å². The van der Waals surface area contributed by atoms with Crippen LogP contribution in [0.1, 0.15) is 63.1 Å². The molecule has 2 atom stereocenters. The molecule has 0 radical (unpaired) electrons. The molecule has 0 aliphatic carbocycles. The summed E-state index contributed by atoms with van der Waals surface area (Å²) in [7, 11) is 1.28. The molecule has 0 saturated heterocycles. The van der Waals surface area contributed by atoms with Crippen LogP contribution in [0.5, 0.6) is 0 Å². The normalized spacial score (nSPS) is 12.0. The number of aliphatic carboxylic acids is 1. The minimum atomic E-state index is -1.12. The summed E-state index contributed by atoms with van der Waals surface area (Å²) in [6.45, 7) is 5.38. The third-order valence-electron chi connectivity index (χ3n) is 7.02. The fraction of sp³-hybridized carbons (Fsp3) is 0.333. The first-order valence-electron chi connectivity index (χ1n) is 15.9. The number of esters is 1. The van der Waals surface area contributed by atoms with Crippen molar-refractivity contribution >= 4 is 41.1 Å². The van der Waals surface area contributed by atoms with Crippen molar-refractivity contribution < 1.29 is 51.4 Å².